The molecule has 1 heterocycles. The predicted molar refractivity (Wildman–Crippen MR) is 72.0 cm³/mol. The minimum atomic E-state index is 0.507. The summed E-state index contributed by atoms with van der Waals surface area (Å²) in [7, 11) is 0. The number of halogens is 2. The molecule has 0 saturated heterocycles. The molecule has 2 aromatic rings. The third kappa shape index (κ3) is 2.84. The van der Waals surface area contributed by atoms with E-state index in [1.807, 2.05) is 18.2 Å². The summed E-state index contributed by atoms with van der Waals surface area (Å²) in [5, 5.41) is 1.03. The summed E-state index contributed by atoms with van der Waals surface area (Å²) in [4.78, 5) is 0. The van der Waals surface area contributed by atoms with Gasteiger partial charge in [-0.25, -0.2) is 0 Å². The highest BCUT2D eigenvalue weighted by Gasteiger charge is 2.06. The first-order valence-corrected chi connectivity index (χ1v) is 5.81. The lowest BCUT2D eigenvalue weighted by Crippen LogP contribution is -1.88. The second-order valence-electron chi connectivity index (χ2n) is 3.72. The van der Waals surface area contributed by atoms with Gasteiger partial charge >= 0.3 is 0 Å². The molecule has 0 amide bonds. The van der Waals surface area contributed by atoms with E-state index in [1.165, 1.54) is 0 Å². The summed E-state index contributed by atoms with van der Waals surface area (Å²) < 4.78 is 5.62. The van der Waals surface area contributed by atoms with Crippen LogP contribution in [0, 0.1) is 0 Å². The Kier molecular flexibility index (Phi) is 3.46. The van der Waals surface area contributed by atoms with Gasteiger partial charge in [-0.3, -0.25) is 0 Å². The molecular formula is C13H11Cl2NO. The summed E-state index contributed by atoms with van der Waals surface area (Å²) in [5.74, 6) is 1.45. The van der Waals surface area contributed by atoms with Gasteiger partial charge in [0.25, 0.3) is 0 Å². The molecule has 2 rings (SSSR count). The van der Waals surface area contributed by atoms with E-state index in [0.717, 1.165) is 11.3 Å². The van der Waals surface area contributed by atoms with Crippen molar-refractivity contribution >= 4 is 29.3 Å². The predicted octanol–water partition coefficient (Wildman–Crippen LogP) is 4.57. The van der Waals surface area contributed by atoms with Crippen molar-refractivity contribution in [2.75, 3.05) is 0 Å². The summed E-state index contributed by atoms with van der Waals surface area (Å²) in [6, 6.07) is 9.09. The lowest BCUT2D eigenvalue weighted by Gasteiger charge is -1.99. The lowest BCUT2D eigenvalue weighted by atomic mass is 10.2. The number of nitrogens with two attached hydrogens (primary N) is 1. The Morgan fingerprint density at radius 2 is 1.94 bits per heavy atom. The monoisotopic (exact) mass is 267 g/mol. The first-order chi connectivity index (χ1) is 8.06. The lowest BCUT2D eigenvalue weighted by molar-refractivity contribution is 0.571. The summed E-state index contributed by atoms with van der Waals surface area (Å²) in [6.45, 7) is 1.81. The van der Waals surface area contributed by atoms with Crippen molar-refractivity contribution in [3.63, 3.8) is 0 Å². The van der Waals surface area contributed by atoms with Gasteiger partial charge in [-0.05, 0) is 43.3 Å². The Bertz CT molecular complexity index is 569. The van der Waals surface area contributed by atoms with Crippen LogP contribution in [0.3, 0.4) is 0 Å². The molecule has 1 aromatic carbocycles. The van der Waals surface area contributed by atoms with Gasteiger partial charge in [-0.2, -0.15) is 0 Å². The van der Waals surface area contributed by atoms with Gasteiger partial charge < -0.3 is 10.2 Å². The molecule has 17 heavy (non-hydrogen) atoms. The number of hydrogen-bond acceptors (Lipinski definition) is 2. The molecule has 0 aliphatic rings. The SMILES string of the molecule is C/C(N)=C/c1ccc(-c2ccc(Cl)c(Cl)c2)o1. The molecule has 0 unspecified atom stereocenters. The smallest absolute Gasteiger partial charge is 0.134 e. The fourth-order valence-electron chi connectivity index (χ4n) is 1.46. The number of benzene rings is 1. The second kappa shape index (κ2) is 4.86. The molecule has 2 nitrogen and oxygen atoms in total. The van der Waals surface area contributed by atoms with Crippen LogP contribution in [-0.4, -0.2) is 0 Å². The zero-order valence-electron chi connectivity index (χ0n) is 9.21. The Balaban J connectivity index is 2.37. The molecular weight excluding hydrogens is 257 g/mol. The molecule has 88 valence electrons. The Morgan fingerprint density at radius 1 is 1.18 bits per heavy atom. The highest BCUT2D eigenvalue weighted by Crippen LogP contribution is 2.29. The van der Waals surface area contributed by atoms with E-state index in [1.54, 1.807) is 25.1 Å². The molecule has 0 spiro atoms. The van der Waals surface area contributed by atoms with Crippen LogP contribution in [-0.2, 0) is 0 Å². The van der Waals surface area contributed by atoms with E-state index in [-0.39, 0.29) is 0 Å². The van der Waals surface area contributed by atoms with Crippen LogP contribution in [0.2, 0.25) is 10.0 Å². The van der Waals surface area contributed by atoms with Crippen molar-refractivity contribution < 1.29 is 4.42 Å². The second-order valence-corrected chi connectivity index (χ2v) is 4.53. The maximum absolute atomic E-state index is 5.95. The van der Waals surface area contributed by atoms with Crippen molar-refractivity contribution in [3.8, 4) is 11.3 Å². The van der Waals surface area contributed by atoms with Crippen molar-refractivity contribution in [2.45, 2.75) is 6.92 Å². The zero-order chi connectivity index (χ0) is 12.4. The average Bonchev–Trinajstić information content (AvgIpc) is 2.69. The Hall–Kier alpha value is -1.38. The van der Waals surface area contributed by atoms with Gasteiger partial charge in [0.05, 0.1) is 10.0 Å². The summed E-state index contributed by atoms with van der Waals surface area (Å²) >= 11 is 11.8. The van der Waals surface area contributed by atoms with E-state index >= 15 is 0 Å². The van der Waals surface area contributed by atoms with Crippen LogP contribution >= 0.6 is 23.2 Å². The fraction of sp³-hybridized carbons (Fsp3) is 0.0769. The Morgan fingerprint density at radius 3 is 2.59 bits per heavy atom. The van der Waals surface area contributed by atoms with E-state index in [0.29, 0.717) is 21.5 Å². The highest BCUT2D eigenvalue weighted by atomic mass is 35.5. The van der Waals surface area contributed by atoms with E-state index in [2.05, 4.69) is 0 Å². The van der Waals surface area contributed by atoms with Crippen molar-refractivity contribution in [2.24, 2.45) is 5.73 Å². The van der Waals surface area contributed by atoms with Crippen LogP contribution in [0.25, 0.3) is 17.4 Å². The van der Waals surface area contributed by atoms with E-state index in [9.17, 15) is 0 Å². The van der Waals surface area contributed by atoms with Crippen molar-refractivity contribution in [1.82, 2.24) is 0 Å². The third-order valence-electron chi connectivity index (χ3n) is 2.20. The Labute approximate surface area is 110 Å². The van der Waals surface area contributed by atoms with Gasteiger partial charge in [0.15, 0.2) is 0 Å². The minimum absolute atomic E-state index is 0.507. The third-order valence-corrected chi connectivity index (χ3v) is 2.94. The van der Waals surface area contributed by atoms with Crippen LogP contribution in [0.5, 0.6) is 0 Å². The molecule has 0 aliphatic carbocycles. The number of rotatable bonds is 2. The molecule has 0 atom stereocenters. The zero-order valence-corrected chi connectivity index (χ0v) is 10.7. The van der Waals surface area contributed by atoms with Gasteiger partial charge in [0.1, 0.15) is 11.5 Å². The number of furan rings is 1. The van der Waals surface area contributed by atoms with Crippen LogP contribution in [0.1, 0.15) is 12.7 Å². The average molecular weight is 268 g/mol. The maximum atomic E-state index is 5.95. The van der Waals surface area contributed by atoms with Gasteiger partial charge in [-0.15, -0.1) is 0 Å². The minimum Gasteiger partial charge on any atom is -0.457 e. The molecule has 2 N–H and O–H groups in total. The quantitative estimate of drug-likeness (QED) is 0.866. The highest BCUT2D eigenvalue weighted by molar-refractivity contribution is 6.42. The molecule has 0 bridgehead atoms. The fourth-order valence-corrected chi connectivity index (χ4v) is 1.76. The van der Waals surface area contributed by atoms with Gasteiger partial charge in [0, 0.05) is 11.3 Å². The molecule has 0 saturated carbocycles. The van der Waals surface area contributed by atoms with Crippen molar-refractivity contribution in [1.29, 1.82) is 0 Å². The van der Waals surface area contributed by atoms with Crippen molar-refractivity contribution in [3.05, 3.63) is 51.8 Å². The van der Waals surface area contributed by atoms with Crippen LogP contribution in [0.4, 0.5) is 0 Å². The summed E-state index contributed by atoms with van der Waals surface area (Å²) in [6.07, 6.45) is 1.76. The molecule has 4 heteroatoms. The van der Waals surface area contributed by atoms with E-state index in [4.69, 9.17) is 33.4 Å². The number of hydrogen-bond donors (Lipinski definition) is 1. The summed E-state index contributed by atoms with van der Waals surface area (Å²) in [5.41, 5.74) is 7.16. The van der Waals surface area contributed by atoms with E-state index < -0.39 is 0 Å². The van der Waals surface area contributed by atoms with Gasteiger partial charge in [-0.1, -0.05) is 23.2 Å². The van der Waals surface area contributed by atoms with Gasteiger partial charge in [0.2, 0.25) is 0 Å². The number of allylic oxidation sites excluding steroid dienone is 1. The molecule has 0 radical (unpaired) electrons. The molecule has 0 fully saturated rings. The first kappa shape index (κ1) is 12.1. The topological polar surface area (TPSA) is 39.2 Å². The standard InChI is InChI=1S/C13H11Cl2NO/c1-8(16)6-10-3-5-13(17-10)9-2-4-11(14)12(15)7-9/h2-7H,16H2,1H3/b8-6-. The molecule has 1 aromatic heterocycles. The van der Waals surface area contributed by atoms with Crippen LogP contribution in [0.15, 0.2) is 40.4 Å². The maximum Gasteiger partial charge on any atom is 0.134 e. The normalized spacial score (nSPS) is 11.8. The first-order valence-electron chi connectivity index (χ1n) is 5.05. The molecule has 0 aliphatic heterocycles. The van der Waals surface area contributed by atoms with Crippen LogP contribution < -0.4 is 5.73 Å². The largest absolute Gasteiger partial charge is 0.457 e.